The highest BCUT2D eigenvalue weighted by Crippen LogP contribution is 2.20. The lowest BCUT2D eigenvalue weighted by atomic mass is 9.97. The van der Waals surface area contributed by atoms with E-state index in [1.807, 2.05) is 18.7 Å². The second-order valence-electron chi connectivity index (χ2n) is 6.05. The molecule has 2 aliphatic rings. The Labute approximate surface area is 121 Å². The Morgan fingerprint density at radius 1 is 1.40 bits per heavy atom. The van der Waals surface area contributed by atoms with Crippen LogP contribution in [0, 0.1) is 0 Å². The molecule has 0 spiro atoms. The van der Waals surface area contributed by atoms with Crippen molar-refractivity contribution < 1.29 is 14.3 Å². The van der Waals surface area contributed by atoms with Crippen molar-refractivity contribution in [3.63, 3.8) is 0 Å². The van der Waals surface area contributed by atoms with Gasteiger partial charge in [0, 0.05) is 26.1 Å². The fraction of sp³-hybridized carbons (Fsp3) is 0.867. The second-order valence-corrected chi connectivity index (χ2v) is 6.05. The molecule has 114 valence electrons. The Hall–Kier alpha value is -1.10. The minimum atomic E-state index is -0.749. The summed E-state index contributed by atoms with van der Waals surface area (Å²) < 4.78 is 5.71. The highest BCUT2D eigenvalue weighted by atomic mass is 16.5. The smallest absolute Gasteiger partial charge is 0.248 e. The number of hydrogen-bond acceptors (Lipinski definition) is 3. The Kier molecular flexibility index (Phi) is 5.02. The molecular weight excluding hydrogens is 256 g/mol. The van der Waals surface area contributed by atoms with Crippen LogP contribution in [0.15, 0.2) is 0 Å². The molecule has 0 saturated carbocycles. The molecule has 5 heteroatoms. The summed E-state index contributed by atoms with van der Waals surface area (Å²) in [5.74, 6) is 0.0146. The Bertz CT molecular complexity index is 366. The van der Waals surface area contributed by atoms with Gasteiger partial charge in [-0.2, -0.15) is 0 Å². The van der Waals surface area contributed by atoms with Crippen molar-refractivity contribution in [1.29, 1.82) is 0 Å². The molecule has 2 fully saturated rings. The van der Waals surface area contributed by atoms with Crippen LogP contribution in [-0.2, 0) is 14.3 Å². The summed E-state index contributed by atoms with van der Waals surface area (Å²) in [5.41, 5.74) is -0.749. The van der Waals surface area contributed by atoms with Crippen molar-refractivity contribution in [3.05, 3.63) is 0 Å². The molecule has 20 heavy (non-hydrogen) atoms. The SMILES string of the molecule is CCC1(C)NC(=O)CCN(CCC2CCCCO2)C1=O. The molecule has 5 nitrogen and oxygen atoms in total. The predicted octanol–water partition coefficient (Wildman–Crippen LogP) is 1.46. The van der Waals surface area contributed by atoms with Crippen LogP contribution in [0.3, 0.4) is 0 Å². The molecule has 2 aliphatic heterocycles. The molecule has 2 heterocycles. The van der Waals surface area contributed by atoms with E-state index >= 15 is 0 Å². The summed E-state index contributed by atoms with van der Waals surface area (Å²) in [6.45, 7) is 5.81. The van der Waals surface area contributed by atoms with E-state index in [0.29, 0.717) is 25.9 Å². The molecule has 2 rings (SSSR count). The minimum Gasteiger partial charge on any atom is -0.378 e. The van der Waals surface area contributed by atoms with Crippen LogP contribution >= 0.6 is 0 Å². The van der Waals surface area contributed by atoms with E-state index in [-0.39, 0.29) is 17.9 Å². The van der Waals surface area contributed by atoms with Crippen LogP contribution in [-0.4, -0.2) is 48.1 Å². The van der Waals surface area contributed by atoms with Crippen molar-refractivity contribution in [2.24, 2.45) is 0 Å². The lowest BCUT2D eigenvalue weighted by Gasteiger charge is -2.32. The third kappa shape index (κ3) is 3.51. The number of nitrogens with zero attached hydrogens (tertiary/aromatic N) is 1. The first-order chi connectivity index (χ1) is 9.55. The van der Waals surface area contributed by atoms with Crippen LogP contribution in [0.1, 0.15) is 52.4 Å². The molecule has 2 amide bonds. The van der Waals surface area contributed by atoms with Crippen molar-refractivity contribution >= 4 is 11.8 Å². The van der Waals surface area contributed by atoms with Crippen molar-refractivity contribution in [3.8, 4) is 0 Å². The van der Waals surface area contributed by atoms with Gasteiger partial charge in [0.1, 0.15) is 5.54 Å². The summed E-state index contributed by atoms with van der Waals surface area (Å²) in [6, 6.07) is 0. The number of hydrogen-bond donors (Lipinski definition) is 1. The van der Waals surface area contributed by atoms with Gasteiger partial charge >= 0.3 is 0 Å². The lowest BCUT2D eigenvalue weighted by Crippen LogP contribution is -2.55. The average Bonchev–Trinajstić information content (AvgIpc) is 2.57. The molecule has 0 radical (unpaired) electrons. The Morgan fingerprint density at radius 2 is 2.20 bits per heavy atom. The van der Waals surface area contributed by atoms with Crippen LogP contribution in [0.5, 0.6) is 0 Å². The molecule has 0 aliphatic carbocycles. The quantitative estimate of drug-likeness (QED) is 0.849. The van der Waals surface area contributed by atoms with E-state index < -0.39 is 5.54 Å². The summed E-state index contributed by atoms with van der Waals surface area (Å²) in [5, 5.41) is 2.86. The van der Waals surface area contributed by atoms with E-state index in [2.05, 4.69) is 5.32 Å². The van der Waals surface area contributed by atoms with E-state index in [1.54, 1.807) is 0 Å². The zero-order chi connectivity index (χ0) is 14.6. The topological polar surface area (TPSA) is 58.6 Å². The van der Waals surface area contributed by atoms with Gasteiger partial charge in [0.2, 0.25) is 11.8 Å². The van der Waals surface area contributed by atoms with E-state index in [9.17, 15) is 9.59 Å². The number of rotatable bonds is 4. The maximum Gasteiger partial charge on any atom is 0.248 e. The van der Waals surface area contributed by atoms with Gasteiger partial charge in [-0.25, -0.2) is 0 Å². The van der Waals surface area contributed by atoms with Gasteiger partial charge in [-0.1, -0.05) is 6.92 Å². The van der Waals surface area contributed by atoms with Gasteiger partial charge in [-0.3, -0.25) is 9.59 Å². The molecule has 2 unspecified atom stereocenters. The van der Waals surface area contributed by atoms with Crippen molar-refractivity contribution in [2.45, 2.75) is 64.0 Å². The molecular formula is C15H26N2O3. The first kappa shape index (κ1) is 15.3. The van der Waals surface area contributed by atoms with Crippen LogP contribution in [0.4, 0.5) is 0 Å². The van der Waals surface area contributed by atoms with Gasteiger partial charge in [-0.05, 0) is 39.0 Å². The lowest BCUT2D eigenvalue weighted by molar-refractivity contribution is -0.138. The van der Waals surface area contributed by atoms with Crippen LogP contribution in [0.2, 0.25) is 0 Å². The molecule has 2 saturated heterocycles. The fourth-order valence-electron chi connectivity index (χ4n) is 2.90. The normalized spacial score (nSPS) is 31.9. The molecule has 0 aromatic carbocycles. The average molecular weight is 282 g/mol. The summed E-state index contributed by atoms with van der Waals surface area (Å²) >= 11 is 0. The maximum atomic E-state index is 12.6. The minimum absolute atomic E-state index is 0.0286. The Balaban J connectivity index is 1.94. The van der Waals surface area contributed by atoms with Gasteiger partial charge in [0.15, 0.2) is 0 Å². The van der Waals surface area contributed by atoms with Gasteiger partial charge in [0.25, 0.3) is 0 Å². The Morgan fingerprint density at radius 3 is 2.85 bits per heavy atom. The predicted molar refractivity (Wildman–Crippen MR) is 76.2 cm³/mol. The summed E-state index contributed by atoms with van der Waals surface area (Å²) in [4.78, 5) is 26.2. The standard InChI is InChI=1S/C15H26N2O3/c1-3-15(2)14(19)17(10-8-13(18)16-15)9-7-12-6-4-5-11-20-12/h12H,3-11H2,1-2H3,(H,16,18). The second kappa shape index (κ2) is 6.57. The van der Waals surface area contributed by atoms with Crippen LogP contribution in [0.25, 0.3) is 0 Å². The number of carbonyl (C=O) groups excluding carboxylic acids is 2. The van der Waals surface area contributed by atoms with E-state index in [1.165, 1.54) is 6.42 Å². The van der Waals surface area contributed by atoms with E-state index in [0.717, 1.165) is 25.9 Å². The van der Waals surface area contributed by atoms with E-state index in [4.69, 9.17) is 4.74 Å². The highest BCUT2D eigenvalue weighted by molar-refractivity contribution is 5.93. The molecule has 0 bridgehead atoms. The number of nitrogens with one attached hydrogen (secondary N) is 1. The third-order valence-electron chi connectivity index (χ3n) is 4.49. The van der Waals surface area contributed by atoms with Crippen molar-refractivity contribution in [1.82, 2.24) is 10.2 Å². The summed E-state index contributed by atoms with van der Waals surface area (Å²) in [7, 11) is 0. The third-order valence-corrected chi connectivity index (χ3v) is 4.49. The number of carbonyl (C=O) groups is 2. The molecule has 1 N–H and O–H groups in total. The maximum absolute atomic E-state index is 12.6. The van der Waals surface area contributed by atoms with Gasteiger partial charge < -0.3 is 15.0 Å². The number of ether oxygens (including phenoxy) is 1. The molecule has 2 atom stereocenters. The first-order valence-corrected chi connectivity index (χ1v) is 7.77. The molecule has 0 aromatic heterocycles. The van der Waals surface area contributed by atoms with Crippen LogP contribution < -0.4 is 5.32 Å². The monoisotopic (exact) mass is 282 g/mol. The summed E-state index contributed by atoms with van der Waals surface area (Å²) in [6.07, 6.45) is 5.61. The number of amides is 2. The largest absolute Gasteiger partial charge is 0.378 e. The van der Waals surface area contributed by atoms with Gasteiger partial charge in [0.05, 0.1) is 6.10 Å². The highest BCUT2D eigenvalue weighted by Gasteiger charge is 2.39. The molecule has 0 aromatic rings. The fourth-order valence-corrected chi connectivity index (χ4v) is 2.90. The zero-order valence-corrected chi connectivity index (χ0v) is 12.6. The zero-order valence-electron chi connectivity index (χ0n) is 12.6. The van der Waals surface area contributed by atoms with Crippen molar-refractivity contribution in [2.75, 3.05) is 19.7 Å². The van der Waals surface area contributed by atoms with Gasteiger partial charge in [-0.15, -0.1) is 0 Å². The first-order valence-electron chi connectivity index (χ1n) is 7.77.